The highest BCUT2D eigenvalue weighted by atomic mass is 79.9. The van der Waals surface area contributed by atoms with Crippen LogP contribution in [0.2, 0.25) is 0 Å². The Kier molecular flexibility index (Phi) is 3.34. The molecule has 0 saturated heterocycles. The number of halogens is 2. The van der Waals surface area contributed by atoms with Crippen LogP contribution in [0.25, 0.3) is 0 Å². The lowest BCUT2D eigenvalue weighted by Crippen LogP contribution is -2.34. The maximum absolute atomic E-state index is 13.5. The predicted molar refractivity (Wildman–Crippen MR) is 74.1 cm³/mol. The smallest absolute Gasteiger partial charge is 0.139 e. The van der Waals surface area contributed by atoms with E-state index >= 15 is 0 Å². The number of rotatable bonds is 0. The summed E-state index contributed by atoms with van der Waals surface area (Å²) < 4.78 is 14.0. The zero-order valence-corrected chi connectivity index (χ0v) is 12.0. The average molecular weight is 301 g/mol. The van der Waals surface area contributed by atoms with Crippen molar-refractivity contribution < 1.29 is 4.39 Å². The molecule has 0 radical (unpaired) electrons. The van der Waals surface area contributed by atoms with Gasteiger partial charge in [0.05, 0.1) is 15.8 Å². The summed E-state index contributed by atoms with van der Waals surface area (Å²) in [6, 6.07) is 3.69. The maximum Gasteiger partial charge on any atom is 0.139 e. The lowest BCUT2D eigenvalue weighted by Gasteiger charge is -2.31. The largest absolute Gasteiger partial charge is 0.383 e. The molecular weight excluding hydrogens is 283 g/mol. The molecule has 1 aliphatic heterocycles. The van der Waals surface area contributed by atoms with Gasteiger partial charge in [-0.25, -0.2) is 4.39 Å². The van der Waals surface area contributed by atoms with Crippen LogP contribution in [0, 0.1) is 11.2 Å². The van der Waals surface area contributed by atoms with Crippen molar-refractivity contribution in [1.82, 2.24) is 0 Å². The molecule has 0 aliphatic carbocycles. The van der Waals surface area contributed by atoms with Crippen LogP contribution in [0.15, 0.2) is 16.6 Å². The van der Waals surface area contributed by atoms with Crippen molar-refractivity contribution in [2.45, 2.75) is 33.2 Å². The van der Waals surface area contributed by atoms with Crippen molar-refractivity contribution in [1.29, 1.82) is 0 Å². The van der Waals surface area contributed by atoms with E-state index in [1.54, 1.807) is 12.1 Å². The Bertz CT molecular complexity index is 426. The molecule has 17 heavy (non-hydrogen) atoms. The minimum Gasteiger partial charge on any atom is -0.383 e. The van der Waals surface area contributed by atoms with Crippen LogP contribution in [0.4, 0.5) is 15.8 Å². The van der Waals surface area contributed by atoms with E-state index in [0.29, 0.717) is 10.5 Å². The van der Waals surface area contributed by atoms with Crippen LogP contribution in [-0.4, -0.2) is 12.6 Å². The van der Waals surface area contributed by atoms with E-state index in [-0.39, 0.29) is 11.2 Å². The van der Waals surface area contributed by atoms with Gasteiger partial charge < -0.3 is 10.6 Å². The van der Waals surface area contributed by atoms with Gasteiger partial charge in [0.1, 0.15) is 5.82 Å². The maximum atomic E-state index is 13.5. The van der Waals surface area contributed by atoms with Crippen molar-refractivity contribution in [2.24, 2.45) is 5.41 Å². The number of hydrogen-bond acceptors (Lipinski definition) is 2. The normalized spacial score (nSPS) is 19.9. The van der Waals surface area contributed by atoms with Crippen LogP contribution in [-0.2, 0) is 0 Å². The molecule has 94 valence electrons. The summed E-state index contributed by atoms with van der Waals surface area (Å²) >= 11 is 3.21. The number of anilines is 2. The van der Waals surface area contributed by atoms with E-state index in [4.69, 9.17) is 0 Å². The Morgan fingerprint density at radius 3 is 2.65 bits per heavy atom. The first-order chi connectivity index (χ1) is 7.88. The number of fused-ring (bicyclic) bond motifs is 1. The van der Waals surface area contributed by atoms with Crippen LogP contribution in [0.1, 0.15) is 27.2 Å². The summed E-state index contributed by atoms with van der Waals surface area (Å²) in [6.45, 7) is 7.50. The molecule has 0 saturated carbocycles. The minimum atomic E-state index is -0.229. The first-order valence-electron chi connectivity index (χ1n) is 5.87. The summed E-state index contributed by atoms with van der Waals surface area (Å²) in [4.78, 5) is 0. The SMILES string of the molecule is CC(C)(C)C1CCNc2cc(Br)c(F)cc2N1. The lowest BCUT2D eigenvalue weighted by atomic mass is 9.85. The van der Waals surface area contributed by atoms with Crippen LogP contribution < -0.4 is 10.6 Å². The summed E-state index contributed by atoms with van der Waals surface area (Å²) in [7, 11) is 0. The molecule has 1 heterocycles. The summed E-state index contributed by atoms with van der Waals surface area (Å²) in [5.74, 6) is -0.229. The highest BCUT2D eigenvalue weighted by molar-refractivity contribution is 9.10. The Labute approximate surface area is 110 Å². The van der Waals surface area contributed by atoms with Crippen LogP contribution >= 0.6 is 15.9 Å². The van der Waals surface area contributed by atoms with E-state index in [9.17, 15) is 4.39 Å². The molecular formula is C13H18BrFN2. The molecule has 1 aromatic rings. The van der Waals surface area contributed by atoms with Crippen molar-refractivity contribution >= 4 is 27.3 Å². The first kappa shape index (κ1) is 12.7. The molecule has 2 N–H and O–H groups in total. The third-order valence-electron chi connectivity index (χ3n) is 3.18. The number of hydrogen-bond donors (Lipinski definition) is 2. The van der Waals surface area contributed by atoms with Gasteiger partial charge in [-0.3, -0.25) is 0 Å². The molecule has 2 rings (SSSR count). The van der Waals surface area contributed by atoms with Gasteiger partial charge in [0.2, 0.25) is 0 Å². The molecule has 0 bridgehead atoms. The molecule has 0 fully saturated rings. The number of benzene rings is 1. The van der Waals surface area contributed by atoms with Gasteiger partial charge in [0.25, 0.3) is 0 Å². The quantitative estimate of drug-likeness (QED) is 0.749. The molecule has 1 aliphatic rings. The topological polar surface area (TPSA) is 24.1 Å². The third-order valence-corrected chi connectivity index (χ3v) is 3.79. The second kappa shape index (κ2) is 4.48. The molecule has 4 heteroatoms. The summed E-state index contributed by atoms with van der Waals surface area (Å²) in [5, 5.41) is 6.78. The fourth-order valence-corrected chi connectivity index (χ4v) is 2.42. The Morgan fingerprint density at radius 1 is 1.29 bits per heavy atom. The fourth-order valence-electron chi connectivity index (χ4n) is 2.07. The van der Waals surface area contributed by atoms with Gasteiger partial charge >= 0.3 is 0 Å². The average Bonchev–Trinajstić information content (AvgIpc) is 2.40. The Balaban J connectivity index is 2.34. The van der Waals surface area contributed by atoms with Gasteiger partial charge in [0.15, 0.2) is 0 Å². The zero-order chi connectivity index (χ0) is 12.6. The number of nitrogens with one attached hydrogen (secondary N) is 2. The second-order valence-corrected chi connectivity index (χ2v) is 6.44. The molecule has 1 atom stereocenters. The van der Waals surface area contributed by atoms with Gasteiger partial charge in [-0.1, -0.05) is 20.8 Å². The molecule has 0 amide bonds. The van der Waals surface area contributed by atoms with E-state index in [1.165, 1.54) is 0 Å². The monoisotopic (exact) mass is 300 g/mol. The highest BCUT2D eigenvalue weighted by Gasteiger charge is 2.27. The van der Waals surface area contributed by atoms with Crippen LogP contribution in [0.5, 0.6) is 0 Å². The van der Waals surface area contributed by atoms with E-state index in [2.05, 4.69) is 47.3 Å². The lowest BCUT2D eigenvalue weighted by molar-refractivity contribution is 0.332. The molecule has 0 spiro atoms. The van der Waals surface area contributed by atoms with E-state index < -0.39 is 0 Å². The molecule has 1 unspecified atom stereocenters. The van der Waals surface area contributed by atoms with Crippen molar-refractivity contribution in [2.75, 3.05) is 17.2 Å². The fraction of sp³-hybridized carbons (Fsp3) is 0.538. The molecule has 1 aromatic carbocycles. The van der Waals surface area contributed by atoms with Crippen molar-refractivity contribution in [3.8, 4) is 0 Å². The highest BCUT2D eigenvalue weighted by Crippen LogP contribution is 2.34. The van der Waals surface area contributed by atoms with Gasteiger partial charge in [0, 0.05) is 18.7 Å². The van der Waals surface area contributed by atoms with E-state index in [1.807, 2.05) is 0 Å². The second-order valence-electron chi connectivity index (χ2n) is 5.59. The van der Waals surface area contributed by atoms with Crippen LogP contribution in [0.3, 0.4) is 0 Å². The van der Waals surface area contributed by atoms with Crippen molar-refractivity contribution in [3.05, 3.63) is 22.4 Å². The van der Waals surface area contributed by atoms with Gasteiger partial charge in [-0.2, -0.15) is 0 Å². The zero-order valence-electron chi connectivity index (χ0n) is 10.4. The standard InChI is InChI=1S/C13H18BrFN2/c1-13(2,3)12-4-5-16-10-6-8(14)9(15)7-11(10)17-12/h6-7,12,16-17H,4-5H2,1-3H3. The van der Waals surface area contributed by atoms with Gasteiger partial charge in [-0.05, 0) is 33.8 Å². The minimum absolute atomic E-state index is 0.160. The molecule has 2 nitrogen and oxygen atoms in total. The Hall–Kier alpha value is -0.770. The van der Waals surface area contributed by atoms with Crippen molar-refractivity contribution in [3.63, 3.8) is 0 Å². The van der Waals surface area contributed by atoms with E-state index in [0.717, 1.165) is 24.3 Å². The summed E-state index contributed by atoms with van der Waals surface area (Å²) in [5.41, 5.74) is 1.97. The van der Waals surface area contributed by atoms with Gasteiger partial charge in [-0.15, -0.1) is 0 Å². The Morgan fingerprint density at radius 2 is 2.00 bits per heavy atom. The first-order valence-corrected chi connectivity index (χ1v) is 6.66. The molecule has 0 aromatic heterocycles. The third kappa shape index (κ3) is 2.73. The predicted octanol–water partition coefficient (Wildman–Crippen LogP) is 4.23. The summed E-state index contributed by atoms with van der Waals surface area (Å²) in [6.07, 6.45) is 1.03.